The van der Waals surface area contributed by atoms with Gasteiger partial charge in [0.25, 0.3) is 0 Å². The molecule has 3 nitrogen and oxygen atoms in total. The molecule has 1 aromatic rings. The summed E-state index contributed by atoms with van der Waals surface area (Å²) in [7, 11) is 0. The molecule has 0 aliphatic heterocycles. The van der Waals surface area contributed by atoms with Gasteiger partial charge in [-0.2, -0.15) is 0 Å². The maximum atomic E-state index is 5.52. The van der Waals surface area contributed by atoms with Crippen LogP contribution in [0.5, 0.6) is 0 Å². The zero-order valence-electron chi connectivity index (χ0n) is 6.34. The standard InChI is InChI=1S/C7H6BrN3S/c1-12-3-2-5-7(9)10-4-6(8)11-5/h4H,1H3,(H2,9,10). The van der Waals surface area contributed by atoms with E-state index in [0.29, 0.717) is 16.1 Å². The van der Waals surface area contributed by atoms with Gasteiger partial charge < -0.3 is 5.73 Å². The Balaban J connectivity index is 3.05. The minimum absolute atomic E-state index is 0.361. The predicted molar refractivity (Wildman–Crippen MR) is 54.5 cm³/mol. The molecule has 0 aromatic carbocycles. The van der Waals surface area contributed by atoms with Gasteiger partial charge in [-0.05, 0) is 33.4 Å². The molecular weight excluding hydrogens is 238 g/mol. The number of hydrogen-bond donors (Lipinski definition) is 1. The molecule has 12 heavy (non-hydrogen) atoms. The minimum Gasteiger partial charge on any atom is -0.381 e. The molecule has 5 heteroatoms. The molecule has 0 amide bonds. The zero-order chi connectivity index (χ0) is 8.97. The van der Waals surface area contributed by atoms with Gasteiger partial charge in [0.15, 0.2) is 11.5 Å². The summed E-state index contributed by atoms with van der Waals surface area (Å²) in [6, 6.07) is 0. The van der Waals surface area contributed by atoms with Gasteiger partial charge in [-0.1, -0.05) is 11.8 Å². The van der Waals surface area contributed by atoms with E-state index in [1.165, 1.54) is 11.8 Å². The Kier molecular flexibility index (Phi) is 3.38. The van der Waals surface area contributed by atoms with Crippen molar-refractivity contribution in [3.63, 3.8) is 0 Å². The van der Waals surface area contributed by atoms with Crippen LogP contribution in [-0.2, 0) is 0 Å². The van der Waals surface area contributed by atoms with Crippen molar-refractivity contribution in [3.8, 4) is 11.2 Å². The lowest BCUT2D eigenvalue weighted by atomic mass is 10.4. The summed E-state index contributed by atoms with van der Waals surface area (Å²) in [5.41, 5.74) is 6.04. The van der Waals surface area contributed by atoms with Crippen LogP contribution in [0.15, 0.2) is 10.8 Å². The molecule has 0 saturated carbocycles. The van der Waals surface area contributed by atoms with Crippen molar-refractivity contribution in [2.75, 3.05) is 12.0 Å². The highest BCUT2D eigenvalue weighted by Gasteiger charge is 1.98. The van der Waals surface area contributed by atoms with Gasteiger partial charge in [-0.15, -0.1) is 0 Å². The molecule has 0 radical (unpaired) electrons. The van der Waals surface area contributed by atoms with Crippen molar-refractivity contribution in [3.05, 3.63) is 16.5 Å². The van der Waals surface area contributed by atoms with E-state index >= 15 is 0 Å². The monoisotopic (exact) mass is 243 g/mol. The minimum atomic E-state index is 0.361. The van der Waals surface area contributed by atoms with Crippen molar-refractivity contribution in [2.45, 2.75) is 0 Å². The van der Waals surface area contributed by atoms with Crippen molar-refractivity contribution >= 4 is 33.5 Å². The predicted octanol–water partition coefficient (Wildman–Crippen LogP) is 1.49. The molecule has 0 unspecified atom stereocenters. The van der Waals surface area contributed by atoms with Gasteiger partial charge in [0, 0.05) is 0 Å². The van der Waals surface area contributed by atoms with Gasteiger partial charge in [-0.3, -0.25) is 0 Å². The van der Waals surface area contributed by atoms with Gasteiger partial charge in [0.1, 0.15) is 4.60 Å². The van der Waals surface area contributed by atoms with Crippen molar-refractivity contribution < 1.29 is 0 Å². The summed E-state index contributed by atoms with van der Waals surface area (Å²) in [6.07, 6.45) is 3.42. The molecule has 0 bridgehead atoms. The van der Waals surface area contributed by atoms with Crippen LogP contribution in [0.25, 0.3) is 0 Å². The smallest absolute Gasteiger partial charge is 0.158 e. The third kappa shape index (κ3) is 2.40. The Hall–Kier alpha value is -0.730. The largest absolute Gasteiger partial charge is 0.381 e. The number of rotatable bonds is 0. The summed E-state index contributed by atoms with van der Waals surface area (Å²) in [6.45, 7) is 0. The number of halogens is 1. The van der Waals surface area contributed by atoms with Gasteiger partial charge in [0.2, 0.25) is 0 Å². The van der Waals surface area contributed by atoms with Crippen LogP contribution < -0.4 is 5.73 Å². The van der Waals surface area contributed by atoms with E-state index in [-0.39, 0.29) is 0 Å². The number of nitrogens with two attached hydrogens (primary N) is 1. The number of thioether (sulfide) groups is 1. The van der Waals surface area contributed by atoms with Crippen molar-refractivity contribution in [1.29, 1.82) is 0 Å². The van der Waals surface area contributed by atoms with Crippen LogP contribution in [0.4, 0.5) is 5.82 Å². The van der Waals surface area contributed by atoms with Crippen LogP contribution in [0.2, 0.25) is 0 Å². The Morgan fingerprint density at radius 1 is 1.67 bits per heavy atom. The highest BCUT2D eigenvalue weighted by Crippen LogP contribution is 2.09. The quantitative estimate of drug-likeness (QED) is 0.702. The van der Waals surface area contributed by atoms with E-state index in [9.17, 15) is 0 Å². The Bertz CT molecular complexity index is 342. The molecule has 0 fully saturated rings. The highest BCUT2D eigenvalue weighted by atomic mass is 79.9. The second-order valence-corrected chi connectivity index (χ2v) is 3.28. The summed E-state index contributed by atoms with van der Waals surface area (Å²) in [5.74, 6) is 3.15. The number of nitrogen functional groups attached to an aromatic ring is 1. The molecular formula is C7H6BrN3S. The third-order valence-corrected chi connectivity index (χ3v) is 1.73. The first kappa shape index (κ1) is 9.36. The van der Waals surface area contributed by atoms with Crippen LogP contribution >= 0.6 is 27.7 Å². The van der Waals surface area contributed by atoms with Crippen LogP contribution in [-0.4, -0.2) is 16.2 Å². The summed E-state index contributed by atoms with van der Waals surface area (Å²) < 4.78 is 0.641. The molecule has 0 saturated heterocycles. The maximum absolute atomic E-state index is 5.52. The Labute approximate surface area is 83.3 Å². The van der Waals surface area contributed by atoms with Crippen LogP contribution in [0, 0.1) is 11.2 Å². The molecule has 0 aliphatic carbocycles. The SMILES string of the molecule is CSC#Cc1nc(Br)cnc1N. The summed E-state index contributed by atoms with van der Waals surface area (Å²) in [4.78, 5) is 7.94. The van der Waals surface area contributed by atoms with Gasteiger partial charge in [-0.25, -0.2) is 9.97 Å². The number of aromatic nitrogens is 2. The first-order valence-electron chi connectivity index (χ1n) is 3.06. The lowest BCUT2D eigenvalue weighted by molar-refractivity contribution is 1.15. The second kappa shape index (κ2) is 4.33. The van der Waals surface area contributed by atoms with E-state index < -0.39 is 0 Å². The first-order valence-corrected chi connectivity index (χ1v) is 5.08. The molecule has 0 atom stereocenters. The van der Waals surface area contributed by atoms with E-state index in [1.54, 1.807) is 6.20 Å². The topological polar surface area (TPSA) is 51.8 Å². The average molecular weight is 244 g/mol. The van der Waals surface area contributed by atoms with Crippen LogP contribution in [0.1, 0.15) is 5.69 Å². The molecule has 1 heterocycles. The number of anilines is 1. The molecule has 1 rings (SSSR count). The fourth-order valence-corrected chi connectivity index (χ4v) is 1.05. The second-order valence-electron chi connectivity index (χ2n) is 1.86. The van der Waals surface area contributed by atoms with Crippen molar-refractivity contribution in [1.82, 2.24) is 9.97 Å². The van der Waals surface area contributed by atoms with E-state index in [1.807, 2.05) is 6.26 Å². The third-order valence-electron chi connectivity index (χ3n) is 1.04. The van der Waals surface area contributed by atoms with Crippen LogP contribution in [0.3, 0.4) is 0 Å². The number of nitrogens with zero attached hydrogens (tertiary/aromatic N) is 2. The fourth-order valence-electron chi connectivity index (χ4n) is 0.568. The molecule has 0 spiro atoms. The zero-order valence-corrected chi connectivity index (χ0v) is 8.74. The summed E-state index contributed by atoms with van der Waals surface area (Å²) in [5, 5.41) is 2.80. The molecule has 0 aliphatic rings. The number of hydrogen-bond acceptors (Lipinski definition) is 4. The first-order chi connectivity index (χ1) is 5.74. The normalized spacial score (nSPS) is 8.83. The Morgan fingerprint density at radius 3 is 3.08 bits per heavy atom. The van der Waals surface area contributed by atoms with E-state index in [4.69, 9.17) is 5.73 Å². The van der Waals surface area contributed by atoms with Crippen molar-refractivity contribution in [2.24, 2.45) is 0 Å². The molecule has 1 aromatic heterocycles. The average Bonchev–Trinajstić information content (AvgIpc) is 2.07. The Morgan fingerprint density at radius 2 is 2.42 bits per heavy atom. The molecule has 62 valence electrons. The molecule has 2 N–H and O–H groups in total. The maximum Gasteiger partial charge on any atom is 0.158 e. The van der Waals surface area contributed by atoms with Gasteiger partial charge in [0.05, 0.1) is 6.20 Å². The lowest BCUT2D eigenvalue weighted by Gasteiger charge is -1.95. The van der Waals surface area contributed by atoms with E-state index in [2.05, 4.69) is 37.1 Å². The highest BCUT2D eigenvalue weighted by molar-refractivity contribution is 9.10. The van der Waals surface area contributed by atoms with Gasteiger partial charge >= 0.3 is 0 Å². The van der Waals surface area contributed by atoms with E-state index in [0.717, 1.165) is 0 Å². The fraction of sp³-hybridized carbons (Fsp3) is 0.143. The lowest BCUT2D eigenvalue weighted by Crippen LogP contribution is -1.97. The summed E-state index contributed by atoms with van der Waals surface area (Å²) >= 11 is 4.60.